The Hall–Kier alpha value is -2.33. The number of ether oxygens (including phenoxy) is 1. The van der Waals surface area contributed by atoms with Gasteiger partial charge in [-0.1, -0.05) is 17.7 Å². The smallest absolute Gasteiger partial charge is 0.262 e. The topological polar surface area (TPSA) is 55.4 Å². The van der Waals surface area contributed by atoms with Crippen molar-refractivity contribution in [2.24, 2.45) is 0 Å². The largest absolute Gasteiger partial charge is 0.484 e. The van der Waals surface area contributed by atoms with E-state index in [0.717, 1.165) is 6.29 Å². The predicted molar refractivity (Wildman–Crippen MR) is 77.4 cm³/mol. The number of benzene rings is 2. The van der Waals surface area contributed by atoms with Gasteiger partial charge in [0.05, 0.1) is 0 Å². The minimum absolute atomic E-state index is 0.115. The Balaban J connectivity index is 1.87. The lowest BCUT2D eigenvalue weighted by Crippen LogP contribution is -2.20. The van der Waals surface area contributed by atoms with Gasteiger partial charge in [0, 0.05) is 16.3 Å². The van der Waals surface area contributed by atoms with Crippen molar-refractivity contribution in [1.29, 1.82) is 0 Å². The van der Waals surface area contributed by atoms with E-state index in [1.54, 1.807) is 48.5 Å². The summed E-state index contributed by atoms with van der Waals surface area (Å²) in [7, 11) is 0. The molecule has 0 unspecified atom stereocenters. The summed E-state index contributed by atoms with van der Waals surface area (Å²) in [5.41, 5.74) is 1.16. The molecule has 0 bridgehead atoms. The van der Waals surface area contributed by atoms with Gasteiger partial charge in [-0.2, -0.15) is 0 Å². The van der Waals surface area contributed by atoms with Crippen LogP contribution in [0.1, 0.15) is 10.4 Å². The average Bonchev–Trinajstić information content (AvgIpc) is 2.46. The van der Waals surface area contributed by atoms with Crippen LogP contribution in [0.3, 0.4) is 0 Å². The molecule has 0 fully saturated rings. The van der Waals surface area contributed by atoms with Crippen molar-refractivity contribution in [3.63, 3.8) is 0 Å². The molecule has 2 aromatic carbocycles. The molecule has 0 spiro atoms. The first-order chi connectivity index (χ1) is 9.67. The summed E-state index contributed by atoms with van der Waals surface area (Å²) < 4.78 is 5.31. The molecule has 1 amide bonds. The lowest BCUT2D eigenvalue weighted by atomic mass is 10.2. The number of carbonyl (C=O) groups excluding carboxylic acids is 2. The molecule has 20 heavy (non-hydrogen) atoms. The van der Waals surface area contributed by atoms with Crippen molar-refractivity contribution in [3.05, 3.63) is 59.1 Å². The van der Waals surface area contributed by atoms with Crippen molar-refractivity contribution in [2.45, 2.75) is 0 Å². The number of carbonyl (C=O) groups is 2. The maximum atomic E-state index is 11.7. The fraction of sp³-hybridized carbons (Fsp3) is 0.0667. The van der Waals surface area contributed by atoms with Crippen molar-refractivity contribution >= 4 is 29.5 Å². The van der Waals surface area contributed by atoms with E-state index >= 15 is 0 Å². The van der Waals surface area contributed by atoms with E-state index in [0.29, 0.717) is 22.0 Å². The second-order valence-corrected chi connectivity index (χ2v) is 4.47. The van der Waals surface area contributed by atoms with Gasteiger partial charge >= 0.3 is 0 Å². The van der Waals surface area contributed by atoms with E-state index in [1.807, 2.05) is 0 Å². The Labute approximate surface area is 121 Å². The molecule has 0 saturated heterocycles. The van der Waals surface area contributed by atoms with Crippen molar-refractivity contribution in [3.8, 4) is 5.75 Å². The molecule has 0 aromatic heterocycles. The van der Waals surface area contributed by atoms with Gasteiger partial charge in [-0.25, -0.2) is 0 Å². The zero-order valence-electron chi connectivity index (χ0n) is 10.5. The quantitative estimate of drug-likeness (QED) is 0.860. The third-order valence-corrected chi connectivity index (χ3v) is 2.73. The summed E-state index contributed by atoms with van der Waals surface area (Å²) in [5.74, 6) is 0.243. The van der Waals surface area contributed by atoms with E-state index in [-0.39, 0.29) is 12.5 Å². The van der Waals surface area contributed by atoms with E-state index in [1.165, 1.54) is 0 Å². The fourth-order valence-electron chi connectivity index (χ4n) is 1.55. The van der Waals surface area contributed by atoms with E-state index in [9.17, 15) is 9.59 Å². The van der Waals surface area contributed by atoms with Crippen LogP contribution < -0.4 is 10.1 Å². The van der Waals surface area contributed by atoms with Gasteiger partial charge < -0.3 is 10.1 Å². The van der Waals surface area contributed by atoms with Gasteiger partial charge in [-0.15, -0.1) is 0 Å². The number of anilines is 1. The molecular formula is C15H12ClNO3. The van der Waals surface area contributed by atoms with Gasteiger partial charge in [0.25, 0.3) is 5.91 Å². The molecule has 1 N–H and O–H groups in total. The second-order valence-electron chi connectivity index (χ2n) is 4.03. The molecule has 0 heterocycles. The van der Waals surface area contributed by atoms with Crippen LogP contribution in [0.2, 0.25) is 5.02 Å². The molecule has 0 saturated carbocycles. The molecule has 0 atom stereocenters. The number of hydrogen-bond acceptors (Lipinski definition) is 3. The first-order valence-corrected chi connectivity index (χ1v) is 6.28. The Kier molecular flexibility index (Phi) is 4.74. The van der Waals surface area contributed by atoms with Crippen LogP contribution in [0.4, 0.5) is 5.69 Å². The van der Waals surface area contributed by atoms with E-state index < -0.39 is 0 Å². The first-order valence-electron chi connectivity index (χ1n) is 5.91. The second kappa shape index (κ2) is 6.73. The molecule has 0 aliphatic heterocycles. The SMILES string of the molecule is O=Cc1ccc(NC(=O)COc2cccc(Cl)c2)cc1. The average molecular weight is 290 g/mol. The van der Waals surface area contributed by atoms with Crippen LogP contribution in [0.15, 0.2) is 48.5 Å². The highest BCUT2D eigenvalue weighted by Crippen LogP contribution is 2.17. The number of nitrogens with one attached hydrogen (secondary N) is 1. The Morgan fingerprint density at radius 2 is 1.95 bits per heavy atom. The minimum Gasteiger partial charge on any atom is -0.484 e. The van der Waals surface area contributed by atoms with Gasteiger partial charge in [0.15, 0.2) is 6.61 Å². The monoisotopic (exact) mass is 289 g/mol. The van der Waals surface area contributed by atoms with Crippen LogP contribution in [-0.4, -0.2) is 18.8 Å². The third kappa shape index (κ3) is 4.10. The first kappa shape index (κ1) is 14.1. The molecule has 5 heteroatoms. The Bertz CT molecular complexity index is 611. The van der Waals surface area contributed by atoms with E-state index in [4.69, 9.17) is 16.3 Å². The zero-order valence-corrected chi connectivity index (χ0v) is 11.3. The van der Waals surface area contributed by atoms with Crippen molar-refractivity contribution < 1.29 is 14.3 Å². The van der Waals surface area contributed by atoms with Crippen molar-refractivity contribution in [2.75, 3.05) is 11.9 Å². The summed E-state index contributed by atoms with van der Waals surface area (Å²) in [6.07, 6.45) is 0.744. The highest BCUT2D eigenvalue weighted by molar-refractivity contribution is 6.30. The molecular weight excluding hydrogens is 278 g/mol. The number of hydrogen-bond donors (Lipinski definition) is 1. The van der Waals surface area contributed by atoms with Crippen LogP contribution in [0, 0.1) is 0 Å². The molecule has 2 rings (SSSR count). The number of rotatable bonds is 5. The molecule has 0 radical (unpaired) electrons. The number of halogens is 1. The summed E-state index contributed by atoms with van der Waals surface area (Å²) >= 11 is 5.81. The maximum Gasteiger partial charge on any atom is 0.262 e. The van der Waals surface area contributed by atoms with Crippen LogP contribution in [-0.2, 0) is 4.79 Å². The normalized spacial score (nSPS) is 9.85. The van der Waals surface area contributed by atoms with Crippen LogP contribution >= 0.6 is 11.6 Å². The van der Waals surface area contributed by atoms with Gasteiger partial charge in [-0.3, -0.25) is 9.59 Å². The molecule has 0 aliphatic carbocycles. The lowest BCUT2D eigenvalue weighted by Gasteiger charge is -2.07. The van der Waals surface area contributed by atoms with Crippen molar-refractivity contribution in [1.82, 2.24) is 0 Å². The lowest BCUT2D eigenvalue weighted by molar-refractivity contribution is -0.118. The zero-order chi connectivity index (χ0) is 14.4. The molecule has 2 aromatic rings. The Morgan fingerprint density at radius 1 is 1.20 bits per heavy atom. The van der Waals surface area contributed by atoms with E-state index in [2.05, 4.69) is 5.32 Å². The standard InChI is InChI=1S/C15H12ClNO3/c16-12-2-1-3-14(8-12)20-10-15(19)17-13-6-4-11(9-18)5-7-13/h1-9H,10H2,(H,17,19). The van der Waals surface area contributed by atoms with Crippen LogP contribution in [0.5, 0.6) is 5.75 Å². The molecule has 0 aliphatic rings. The summed E-state index contributed by atoms with van der Waals surface area (Å²) in [6, 6.07) is 13.4. The Morgan fingerprint density at radius 3 is 2.60 bits per heavy atom. The highest BCUT2D eigenvalue weighted by Gasteiger charge is 2.04. The minimum atomic E-state index is -0.288. The summed E-state index contributed by atoms with van der Waals surface area (Å²) in [4.78, 5) is 22.2. The number of aldehydes is 1. The molecule has 4 nitrogen and oxygen atoms in total. The predicted octanol–water partition coefficient (Wildman–Crippen LogP) is 3.17. The maximum absolute atomic E-state index is 11.7. The highest BCUT2D eigenvalue weighted by atomic mass is 35.5. The third-order valence-electron chi connectivity index (χ3n) is 2.50. The van der Waals surface area contributed by atoms with Crippen LogP contribution in [0.25, 0.3) is 0 Å². The molecule has 102 valence electrons. The van der Waals surface area contributed by atoms with Gasteiger partial charge in [-0.05, 0) is 42.5 Å². The summed E-state index contributed by atoms with van der Waals surface area (Å²) in [6.45, 7) is -0.115. The van der Waals surface area contributed by atoms with Gasteiger partial charge in [0.1, 0.15) is 12.0 Å². The number of amides is 1. The van der Waals surface area contributed by atoms with Gasteiger partial charge in [0.2, 0.25) is 0 Å². The fourth-order valence-corrected chi connectivity index (χ4v) is 1.73. The summed E-state index contributed by atoms with van der Waals surface area (Å²) in [5, 5.41) is 3.21.